The Morgan fingerprint density at radius 1 is 1.16 bits per heavy atom. The van der Waals surface area contributed by atoms with Gasteiger partial charge in [-0.15, -0.1) is 0 Å². The van der Waals surface area contributed by atoms with Crippen molar-refractivity contribution in [1.29, 1.82) is 0 Å². The maximum absolute atomic E-state index is 14.1. The molecule has 2 rings (SSSR count). The number of alkyl halides is 3. The highest BCUT2D eigenvalue weighted by Gasteiger charge is 2.53. The summed E-state index contributed by atoms with van der Waals surface area (Å²) in [4.78, 5) is 24.2. The Morgan fingerprint density at radius 2 is 1.72 bits per heavy atom. The van der Waals surface area contributed by atoms with E-state index in [0.29, 0.717) is 4.90 Å². The highest BCUT2D eigenvalue weighted by molar-refractivity contribution is 5.96. The number of ether oxygens (including phenoxy) is 2. The Morgan fingerprint density at radius 3 is 2.16 bits per heavy atom. The minimum atomic E-state index is -4.78. The molecule has 1 amide bonds. The first-order valence-corrected chi connectivity index (χ1v) is 7.10. The Hall–Kier alpha value is -2.52. The van der Waals surface area contributed by atoms with E-state index in [4.69, 9.17) is 14.6 Å². The van der Waals surface area contributed by atoms with Gasteiger partial charge in [-0.1, -0.05) is 0 Å². The van der Waals surface area contributed by atoms with Crippen molar-refractivity contribution in [2.24, 2.45) is 11.8 Å². The second-order valence-electron chi connectivity index (χ2n) is 5.49. The zero-order valence-corrected chi connectivity index (χ0v) is 13.3. The summed E-state index contributed by atoms with van der Waals surface area (Å²) in [5, 5.41) is 8.97. The van der Waals surface area contributed by atoms with Crippen molar-refractivity contribution in [1.82, 2.24) is 4.90 Å². The topological polar surface area (TPSA) is 76.1 Å². The van der Waals surface area contributed by atoms with Gasteiger partial charge in [-0.25, -0.2) is 4.39 Å². The zero-order valence-electron chi connectivity index (χ0n) is 13.3. The summed E-state index contributed by atoms with van der Waals surface area (Å²) in [6.45, 7) is -1.51. The summed E-state index contributed by atoms with van der Waals surface area (Å²) >= 11 is 0. The first kappa shape index (κ1) is 18.8. The second-order valence-corrected chi connectivity index (χ2v) is 5.49. The number of carboxylic acids is 1. The number of benzene rings is 1. The fourth-order valence-corrected chi connectivity index (χ4v) is 2.74. The molecule has 1 aliphatic heterocycles. The van der Waals surface area contributed by atoms with Crippen molar-refractivity contribution in [3.8, 4) is 11.5 Å². The van der Waals surface area contributed by atoms with Crippen molar-refractivity contribution in [3.05, 3.63) is 23.5 Å². The third-order valence-electron chi connectivity index (χ3n) is 4.05. The average Bonchev–Trinajstić information content (AvgIpc) is 2.99. The number of amides is 1. The van der Waals surface area contributed by atoms with Crippen molar-refractivity contribution in [2.75, 3.05) is 27.3 Å². The van der Waals surface area contributed by atoms with E-state index >= 15 is 0 Å². The molecule has 0 radical (unpaired) electrons. The number of nitrogens with zero attached hydrogens (tertiary/aromatic N) is 1. The lowest BCUT2D eigenvalue weighted by Gasteiger charge is -2.19. The number of methoxy groups -OCH3 is 2. The van der Waals surface area contributed by atoms with Crippen LogP contribution in [0.15, 0.2) is 12.1 Å². The molecule has 2 atom stereocenters. The van der Waals surface area contributed by atoms with Gasteiger partial charge in [-0.3, -0.25) is 9.59 Å². The van der Waals surface area contributed by atoms with E-state index in [9.17, 15) is 27.2 Å². The van der Waals surface area contributed by atoms with Gasteiger partial charge in [0.1, 0.15) is 5.82 Å². The molecule has 0 saturated carbocycles. The van der Waals surface area contributed by atoms with Gasteiger partial charge in [-0.05, 0) is 6.07 Å². The number of rotatable bonds is 4. The number of aliphatic carboxylic acids is 1. The van der Waals surface area contributed by atoms with Crippen LogP contribution < -0.4 is 9.47 Å². The van der Waals surface area contributed by atoms with E-state index in [2.05, 4.69) is 0 Å². The molecule has 25 heavy (non-hydrogen) atoms. The van der Waals surface area contributed by atoms with Gasteiger partial charge in [0.15, 0.2) is 11.5 Å². The van der Waals surface area contributed by atoms with Crippen LogP contribution in [0.1, 0.15) is 10.4 Å². The van der Waals surface area contributed by atoms with Crippen molar-refractivity contribution in [2.45, 2.75) is 6.18 Å². The van der Waals surface area contributed by atoms with Gasteiger partial charge in [0.05, 0.1) is 31.6 Å². The van der Waals surface area contributed by atoms with Gasteiger partial charge >= 0.3 is 12.1 Å². The molecular formula is C15H15F4NO5. The minimum Gasteiger partial charge on any atom is -0.493 e. The highest BCUT2D eigenvalue weighted by atomic mass is 19.4. The molecule has 0 aromatic heterocycles. The lowest BCUT2D eigenvalue weighted by molar-refractivity contribution is -0.187. The van der Waals surface area contributed by atoms with Crippen molar-refractivity contribution < 1.29 is 41.7 Å². The van der Waals surface area contributed by atoms with E-state index in [1.54, 1.807) is 0 Å². The highest BCUT2D eigenvalue weighted by Crippen LogP contribution is 2.39. The Kier molecular flexibility index (Phi) is 5.09. The van der Waals surface area contributed by atoms with Gasteiger partial charge in [0, 0.05) is 19.2 Å². The van der Waals surface area contributed by atoms with Crippen molar-refractivity contribution >= 4 is 11.9 Å². The van der Waals surface area contributed by atoms with Crippen LogP contribution in [0.2, 0.25) is 0 Å². The lowest BCUT2D eigenvalue weighted by atomic mass is 9.96. The van der Waals surface area contributed by atoms with Gasteiger partial charge in [-0.2, -0.15) is 13.2 Å². The molecular weight excluding hydrogens is 350 g/mol. The monoisotopic (exact) mass is 365 g/mol. The van der Waals surface area contributed by atoms with E-state index < -0.39 is 54.4 Å². The Labute approximate surface area is 139 Å². The normalized spacial score (nSPS) is 20.5. The fraction of sp³-hybridized carbons (Fsp3) is 0.467. The molecule has 1 fully saturated rings. The first-order chi connectivity index (χ1) is 11.6. The molecule has 6 nitrogen and oxygen atoms in total. The largest absolute Gasteiger partial charge is 0.493 e. The molecule has 10 heteroatoms. The van der Waals surface area contributed by atoms with Crippen LogP contribution in [-0.4, -0.2) is 55.4 Å². The quantitative estimate of drug-likeness (QED) is 0.828. The summed E-state index contributed by atoms with van der Waals surface area (Å²) < 4.78 is 62.9. The molecule has 1 saturated heterocycles. The third kappa shape index (κ3) is 3.62. The summed E-state index contributed by atoms with van der Waals surface area (Å²) in [7, 11) is 2.50. The summed E-state index contributed by atoms with van der Waals surface area (Å²) in [6, 6.07) is 1.88. The van der Waals surface area contributed by atoms with Gasteiger partial charge < -0.3 is 19.5 Å². The second kappa shape index (κ2) is 6.77. The first-order valence-electron chi connectivity index (χ1n) is 7.10. The smallest absolute Gasteiger partial charge is 0.394 e. The molecule has 0 aliphatic carbocycles. The fourth-order valence-electron chi connectivity index (χ4n) is 2.74. The molecule has 1 aromatic rings. The minimum absolute atomic E-state index is 0.00884. The lowest BCUT2D eigenvalue weighted by Crippen LogP contribution is -2.34. The SMILES string of the molecule is COc1cc(F)c(C(=O)N2C[C@@H](C(F)(F)F)[C@H](C(=O)O)C2)cc1OC. The van der Waals surface area contributed by atoms with Crippen LogP contribution in [-0.2, 0) is 4.79 Å². The maximum Gasteiger partial charge on any atom is 0.394 e. The molecule has 0 unspecified atom stereocenters. The predicted octanol–water partition coefficient (Wildman–Crippen LogP) is 2.18. The van der Waals surface area contributed by atoms with E-state index in [1.807, 2.05) is 0 Å². The molecule has 1 aliphatic rings. The van der Waals surface area contributed by atoms with Crippen LogP contribution in [0.5, 0.6) is 11.5 Å². The summed E-state index contributed by atoms with van der Waals surface area (Å²) in [5.74, 6) is -7.70. The van der Waals surface area contributed by atoms with Crippen LogP contribution in [0.4, 0.5) is 17.6 Å². The number of carbonyl (C=O) groups is 2. The number of carbonyl (C=O) groups excluding carboxylic acids is 1. The standard InChI is InChI=1S/C15H15F4NO5/c1-24-11-3-7(10(16)4-12(11)25-2)13(21)20-5-8(14(22)23)9(6-20)15(17,18)19/h3-4,8-9H,5-6H2,1-2H3,(H,22,23)/t8-,9-/m1/s1. The number of halogens is 4. The van der Waals surface area contributed by atoms with Crippen molar-refractivity contribution in [3.63, 3.8) is 0 Å². The molecule has 0 bridgehead atoms. The maximum atomic E-state index is 14.1. The summed E-state index contributed by atoms with van der Waals surface area (Å²) in [5.41, 5.74) is -0.524. The number of hydrogen-bond acceptors (Lipinski definition) is 4. The number of hydrogen-bond donors (Lipinski definition) is 1. The molecule has 0 spiro atoms. The molecule has 1 aromatic carbocycles. The third-order valence-corrected chi connectivity index (χ3v) is 4.05. The Bertz CT molecular complexity index is 691. The predicted molar refractivity (Wildman–Crippen MR) is 76.1 cm³/mol. The molecule has 1 N–H and O–H groups in total. The molecule has 1 heterocycles. The van der Waals surface area contributed by atoms with Crippen LogP contribution in [0.25, 0.3) is 0 Å². The molecule has 138 valence electrons. The number of likely N-dealkylation sites (tertiary alicyclic amines) is 1. The number of carboxylic acid groups (broad SMARTS) is 1. The average molecular weight is 365 g/mol. The van der Waals surface area contributed by atoms with E-state index in [0.717, 1.165) is 12.1 Å². The van der Waals surface area contributed by atoms with E-state index in [1.165, 1.54) is 14.2 Å². The van der Waals surface area contributed by atoms with Gasteiger partial charge in [0.25, 0.3) is 5.91 Å². The summed E-state index contributed by atoms with van der Waals surface area (Å²) in [6.07, 6.45) is -4.78. The zero-order chi connectivity index (χ0) is 18.9. The van der Waals surface area contributed by atoms with E-state index in [-0.39, 0.29) is 11.5 Å². The van der Waals surface area contributed by atoms with Crippen LogP contribution in [0.3, 0.4) is 0 Å². The Balaban J connectivity index is 2.34. The van der Waals surface area contributed by atoms with Crippen LogP contribution >= 0.6 is 0 Å². The van der Waals surface area contributed by atoms with Gasteiger partial charge in [0.2, 0.25) is 0 Å². The van der Waals surface area contributed by atoms with Crippen LogP contribution in [0, 0.1) is 17.7 Å².